The fourth-order valence-electron chi connectivity index (χ4n) is 1.01. The van der Waals surface area contributed by atoms with E-state index >= 15 is 0 Å². The van der Waals surface area contributed by atoms with Crippen molar-refractivity contribution in [2.45, 2.75) is 12.3 Å². The molecule has 0 saturated heterocycles. The Labute approximate surface area is 93.4 Å². The highest BCUT2D eigenvalue weighted by Gasteiger charge is 2.10. The minimum Gasteiger partial charge on any atom is -0.497 e. The molecular formula is C10H13ClN2O2. The van der Waals surface area contributed by atoms with Crippen LogP contribution in [0.2, 0.25) is 0 Å². The van der Waals surface area contributed by atoms with Gasteiger partial charge in [0.15, 0.2) is 0 Å². The number of ether oxygens (including phenoxy) is 1. The van der Waals surface area contributed by atoms with Crippen molar-refractivity contribution in [3.8, 4) is 5.75 Å². The molecule has 0 aliphatic rings. The predicted octanol–water partition coefficient (Wildman–Crippen LogP) is 1.84. The first kappa shape index (κ1) is 11.7. The van der Waals surface area contributed by atoms with Gasteiger partial charge in [-0.3, -0.25) is 4.79 Å². The van der Waals surface area contributed by atoms with E-state index in [0.717, 1.165) is 0 Å². The van der Waals surface area contributed by atoms with Crippen LogP contribution in [0.25, 0.3) is 0 Å². The van der Waals surface area contributed by atoms with E-state index in [1.54, 1.807) is 32.2 Å². The molecule has 0 aliphatic carbocycles. The Kier molecular flexibility index (Phi) is 3.80. The molecule has 0 spiro atoms. The van der Waals surface area contributed by atoms with Crippen molar-refractivity contribution in [3.05, 3.63) is 18.2 Å². The molecular weight excluding hydrogens is 216 g/mol. The van der Waals surface area contributed by atoms with E-state index in [-0.39, 0.29) is 5.91 Å². The normalized spacial score (nSPS) is 11.9. The van der Waals surface area contributed by atoms with Crippen LogP contribution < -0.4 is 15.8 Å². The smallest absolute Gasteiger partial charge is 0.242 e. The number of halogens is 1. The van der Waals surface area contributed by atoms with Gasteiger partial charge < -0.3 is 15.8 Å². The van der Waals surface area contributed by atoms with Gasteiger partial charge in [-0.05, 0) is 19.1 Å². The van der Waals surface area contributed by atoms with Crippen LogP contribution in [0.4, 0.5) is 11.4 Å². The van der Waals surface area contributed by atoms with E-state index < -0.39 is 5.38 Å². The second-order valence-corrected chi connectivity index (χ2v) is 3.71. The topological polar surface area (TPSA) is 64.3 Å². The molecule has 1 amide bonds. The molecule has 0 fully saturated rings. The summed E-state index contributed by atoms with van der Waals surface area (Å²) in [7, 11) is 1.55. The number of nitrogen functional groups attached to an aromatic ring is 1. The summed E-state index contributed by atoms with van der Waals surface area (Å²) >= 11 is 5.61. The molecule has 0 bridgehead atoms. The summed E-state index contributed by atoms with van der Waals surface area (Å²) < 4.78 is 4.98. The highest BCUT2D eigenvalue weighted by molar-refractivity contribution is 6.32. The average Bonchev–Trinajstić information content (AvgIpc) is 2.20. The first-order valence-corrected chi connectivity index (χ1v) is 4.86. The van der Waals surface area contributed by atoms with Gasteiger partial charge in [-0.15, -0.1) is 11.6 Å². The number of rotatable bonds is 3. The number of nitrogens with two attached hydrogens (primary N) is 1. The van der Waals surface area contributed by atoms with Gasteiger partial charge in [0.1, 0.15) is 11.1 Å². The van der Waals surface area contributed by atoms with E-state index in [4.69, 9.17) is 22.1 Å². The Morgan fingerprint density at radius 1 is 1.60 bits per heavy atom. The molecule has 1 aromatic carbocycles. The van der Waals surface area contributed by atoms with Crippen LogP contribution >= 0.6 is 11.6 Å². The second kappa shape index (κ2) is 4.89. The third-order valence-corrected chi connectivity index (χ3v) is 2.08. The number of amides is 1. The van der Waals surface area contributed by atoms with Crippen molar-refractivity contribution in [1.82, 2.24) is 0 Å². The van der Waals surface area contributed by atoms with E-state index in [2.05, 4.69) is 5.32 Å². The van der Waals surface area contributed by atoms with E-state index in [1.807, 2.05) is 0 Å². The number of nitrogens with one attached hydrogen (secondary N) is 1. The lowest BCUT2D eigenvalue weighted by atomic mass is 10.2. The van der Waals surface area contributed by atoms with Crippen LogP contribution in [0.15, 0.2) is 18.2 Å². The third-order valence-electron chi connectivity index (χ3n) is 1.88. The summed E-state index contributed by atoms with van der Waals surface area (Å²) in [6.07, 6.45) is 0. The van der Waals surface area contributed by atoms with Gasteiger partial charge in [-0.25, -0.2) is 0 Å². The monoisotopic (exact) mass is 228 g/mol. The Hall–Kier alpha value is -1.42. The zero-order chi connectivity index (χ0) is 11.4. The molecule has 0 aromatic heterocycles. The number of benzene rings is 1. The number of alkyl halides is 1. The van der Waals surface area contributed by atoms with Crippen LogP contribution in [0.3, 0.4) is 0 Å². The van der Waals surface area contributed by atoms with Gasteiger partial charge in [0, 0.05) is 6.07 Å². The van der Waals surface area contributed by atoms with E-state index in [9.17, 15) is 4.79 Å². The van der Waals surface area contributed by atoms with Crippen LogP contribution in [0.1, 0.15) is 6.92 Å². The summed E-state index contributed by atoms with van der Waals surface area (Å²) in [5.41, 5.74) is 6.69. The highest BCUT2D eigenvalue weighted by Crippen LogP contribution is 2.24. The number of carbonyl (C=O) groups excluding carboxylic acids is 1. The molecule has 0 radical (unpaired) electrons. The van der Waals surface area contributed by atoms with Crippen LogP contribution in [0, 0.1) is 0 Å². The van der Waals surface area contributed by atoms with Crippen LogP contribution in [-0.2, 0) is 4.79 Å². The van der Waals surface area contributed by atoms with Gasteiger partial charge in [0.25, 0.3) is 0 Å². The first-order chi connectivity index (χ1) is 7.04. The summed E-state index contributed by atoms with van der Waals surface area (Å²) in [4.78, 5) is 11.3. The third kappa shape index (κ3) is 3.02. The lowest BCUT2D eigenvalue weighted by molar-refractivity contribution is -0.115. The fraction of sp³-hybridized carbons (Fsp3) is 0.300. The number of carbonyl (C=O) groups is 1. The van der Waals surface area contributed by atoms with Crippen LogP contribution in [0.5, 0.6) is 5.75 Å². The Bertz CT molecular complexity index is 366. The number of anilines is 2. The lowest BCUT2D eigenvalue weighted by Gasteiger charge is -2.10. The van der Waals surface area contributed by atoms with Crippen molar-refractivity contribution < 1.29 is 9.53 Å². The Morgan fingerprint density at radius 2 is 2.27 bits per heavy atom. The molecule has 1 rings (SSSR count). The molecule has 15 heavy (non-hydrogen) atoms. The van der Waals surface area contributed by atoms with Crippen molar-refractivity contribution in [3.63, 3.8) is 0 Å². The highest BCUT2D eigenvalue weighted by atomic mass is 35.5. The number of hydrogen-bond donors (Lipinski definition) is 2. The summed E-state index contributed by atoms with van der Waals surface area (Å²) in [5.74, 6) is 0.359. The number of hydrogen-bond acceptors (Lipinski definition) is 3. The quantitative estimate of drug-likeness (QED) is 0.613. The van der Waals surface area contributed by atoms with Gasteiger partial charge in [0.05, 0.1) is 18.5 Å². The average molecular weight is 229 g/mol. The minimum atomic E-state index is -0.591. The standard InChI is InChI=1S/C10H13ClN2O2/c1-6(11)10(14)13-9-4-3-7(15-2)5-8(9)12/h3-6H,12H2,1-2H3,(H,13,14). The number of methoxy groups -OCH3 is 1. The molecule has 1 atom stereocenters. The molecule has 82 valence electrons. The lowest BCUT2D eigenvalue weighted by Crippen LogP contribution is -2.20. The Balaban J connectivity index is 2.83. The Morgan fingerprint density at radius 3 is 2.73 bits per heavy atom. The van der Waals surface area contributed by atoms with Gasteiger partial charge >= 0.3 is 0 Å². The van der Waals surface area contributed by atoms with Crippen molar-refractivity contribution in [2.24, 2.45) is 0 Å². The van der Waals surface area contributed by atoms with Crippen molar-refractivity contribution >= 4 is 28.9 Å². The van der Waals surface area contributed by atoms with Crippen molar-refractivity contribution in [1.29, 1.82) is 0 Å². The molecule has 1 aromatic rings. The second-order valence-electron chi connectivity index (χ2n) is 3.06. The maximum atomic E-state index is 11.3. The van der Waals surface area contributed by atoms with Gasteiger partial charge in [0.2, 0.25) is 5.91 Å². The summed E-state index contributed by atoms with van der Waals surface area (Å²) in [6.45, 7) is 1.59. The molecule has 0 aliphatic heterocycles. The summed E-state index contributed by atoms with van der Waals surface area (Å²) in [5, 5.41) is 2.02. The molecule has 4 nitrogen and oxygen atoms in total. The molecule has 0 saturated carbocycles. The first-order valence-electron chi connectivity index (χ1n) is 4.43. The minimum absolute atomic E-state index is 0.284. The molecule has 5 heteroatoms. The van der Waals surface area contributed by atoms with Crippen LogP contribution in [-0.4, -0.2) is 18.4 Å². The predicted molar refractivity (Wildman–Crippen MR) is 61.4 cm³/mol. The van der Waals surface area contributed by atoms with E-state index in [0.29, 0.717) is 17.1 Å². The van der Waals surface area contributed by atoms with Crippen molar-refractivity contribution in [2.75, 3.05) is 18.2 Å². The molecule has 3 N–H and O–H groups in total. The summed E-state index contributed by atoms with van der Waals surface area (Å²) in [6, 6.07) is 5.02. The largest absolute Gasteiger partial charge is 0.497 e. The zero-order valence-electron chi connectivity index (χ0n) is 8.58. The molecule has 1 unspecified atom stereocenters. The maximum absolute atomic E-state index is 11.3. The van der Waals surface area contributed by atoms with Gasteiger partial charge in [-0.2, -0.15) is 0 Å². The maximum Gasteiger partial charge on any atom is 0.242 e. The van der Waals surface area contributed by atoms with Gasteiger partial charge in [-0.1, -0.05) is 0 Å². The SMILES string of the molecule is COc1ccc(NC(=O)C(C)Cl)c(N)c1. The molecule has 0 heterocycles. The fourth-order valence-corrected chi connectivity index (χ4v) is 1.07. The zero-order valence-corrected chi connectivity index (χ0v) is 9.34. The van der Waals surface area contributed by atoms with E-state index in [1.165, 1.54) is 0 Å².